The Morgan fingerprint density at radius 1 is 1.19 bits per heavy atom. The number of aryl methyl sites for hydroxylation is 2. The van der Waals surface area contributed by atoms with Crippen LogP contribution in [0.5, 0.6) is 0 Å². The molecule has 0 aliphatic carbocycles. The number of hydrogen-bond donors (Lipinski definition) is 2. The Morgan fingerprint density at radius 3 is 2.70 bits per heavy atom. The van der Waals surface area contributed by atoms with E-state index in [1.54, 1.807) is 25.1 Å². The summed E-state index contributed by atoms with van der Waals surface area (Å²) >= 11 is 0. The van der Waals surface area contributed by atoms with Crippen LogP contribution in [0.1, 0.15) is 29.0 Å². The number of oxazole rings is 1. The first kappa shape index (κ1) is 17.0. The third-order valence-corrected chi connectivity index (χ3v) is 4.23. The number of nitrogens with one attached hydrogen (secondary N) is 2. The summed E-state index contributed by atoms with van der Waals surface area (Å²) in [6.45, 7) is 3.69. The molecule has 4 aromatic rings. The van der Waals surface area contributed by atoms with Crippen molar-refractivity contribution in [2.24, 2.45) is 0 Å². The summed E-state index contributed by atoms with van der Waals surface area (Å²) in [5.74, 6) is 0.835. The molecule has 2 heterocycles. The highest BCUT2D eigenvalue weighted by molar-refractivity contribution is 6.04. The van der Waals surface area contributed by atoms with Gasteiger partial charge < -0.3 is 14.7 Å². The van der Waals surface area contributed by atoms with Crippen molar-refractivity contribution in [2.75, 3.05) is 5.32 Å². The molecule has 0 spiro atoms. The lowest BCUT2D eigenvalue weighted by atomic mass is 10.2. The van der Waals surface area contributed by atoms with Crippen molar-refractivity contribution in [3.05, 3.63) is 65.6 Å². The number of imidazole rings is 1. The predicted molar refractivity (Wildman–Crippen MR) is 100 cm³/mol. The number of nitrogens with zero attached hydrogens (tertiary/aromatic N) is 2. The zero-order chi connectivity index (χ0) is 19.0. The molecule has 0 atom stereocenters. The van der Waals surface area contributed by atoms with E-state index in [0.29, 0.717) is 17.0 Å². The third-order valence-electron chi connectivity index (χ3n) is 4.23. The van der Waals surface area contributed by atoms with Gasteiger partial charge in [-0.15, -0.1) is 0 Å². The normalized spacial score (nSPS) is 11.1. The molecule has 0 saturated carbocycles. The van der Waals surface area contributed by atoms with Gasteiger partial charge in [0, 0.05) is 17.7 Å². The second-order valence-corrected chi connectivity index (χ2v) is 6.15. The molecule has 136 valence electrons. The summed E-state index contributed by atoms with van der Waals surface area (Å²) in [6, 6.07) is 11.2. The smallest absolute Gasteiger partial charge is 0.277 e. The Kier molecular flexibility index (Phi) is 4.19. The van der Waals surface area contributed by atoms with Crippen LogP contribution in [0.4, 0.5) is 10.1 Å². The fourth-order valence-electron chi connectivity index (χ4n) is 2.82. The van der Waals surface area contributed by atoms with Gasteiger partial charge in [0.05, 0.1) is 11.0 Å². The highest BCUT2D eigenvalue weighted by Crippen LogP contribution is 2.23. The molecule has 2 aromatic carbocycles. The van der Waals surface area contributed by atoms with E-state index in [2.05, 4.69) is 20.3 Å². The molecule has 27 heavy (non-hydrogen) atoms. The fourth-order valence-corrected chi connectivity index (χ4v) is 2.82. The molecule has 1 amide bonds. The Labute approximate surface area is 154 Å². The third kappa shape index (κ3) is 3.31. The molecular weight excluding hydrogens is 347 g/mol. The van der Waals surface area contributed by atoms with Gasteiger partial charge in [-0.05, 0) is 49.4 Å². The lowest BCUT2D eigenvalue weighted by Gasteiger charge is -2.03. The summed E-state index contributed by atoms with van der Waals surface area (Å²) in [6.07, 6.45) is 0.806. The van der Waals surface area contributed by atoms with Gasteiger partial charge in [0.15, 0.2) is 5.69 Å². The van der Waals surface area contributed by atoms with E-state index in [0.717, 1.165) is 23.3 Å². The van der Waals surface area contributed by atoms with E-state index in [4.69, 9.17) is 4.42 Å². The maximum atomic E-state index is 13.1. The van der Waals surface area contributed by atoms with Crippen LogP contribution < -0.4 is 5.32 Å². The summed E-state index contributed by atoms with van der Waals surface area (Å²) < 4.78 is 18.6. The van der Waals surface area contributed by atoms with E-state index in [1.165, 1.54) is 12.1 Å². The fraction of sp³-hybridized carbons (Fsp3) is 0.150. The zero-order valence-corrected chi connectivity index (χ0v) is 14.8. The van der Waals surface area contributed by atoms with Crippen LogP contribution >= 0.6 is 0 Å². The monoisotopic (exact) mass is 364 g/mol. The molecule has 4 rings (SSSR count). The number of benzene rings is 2. The topological polar surface area (TPSA) is 83.8 Å². The van der Waals surface area contributed by atoms with E-state index in [9.17, 15) is 9.18 Å². The number of carbonyl (C=O) groups excluding carboxylic acids is 1. The minimum atomic E-state index is -0.376. The number of H-pyrrole nitrogens is 1. The lowest BCUT2D eigenvalue weighted by molar-refractivity contribution is 0.102. The van der Waals surface area contributed by atoms with Gasteiger partial charge in [0.25, 0.3) is 5.91 Å². The maximum Gasteiger partial charge on any atom is 0.277 e. The molecule has 0 aliphatic rings. The minimum Gasteiger partial charge on any atom is -0.441 e. The standard InChI is InChI=1S/C20H17FN4O2/c1-3-17-23-15-9-8-14(10-16(15)24-17)22-19(26)18-11(2)27-20(25-18)12-4-6-13(21)7-5-12/h4-10H,3H2,1-2H3,(H,22,26)(H,23,24). The second-order valence-electron chi connectivity index (χ2n) is 6.15. The molecule has 6 nitrogen and oxygen atoms in total. The van der Waals surface area contributed by atoms with Crippen molar-refractivity contribution < 1.29 is 13.6 Å². The quantitative estimate of drug-likeness (QED) is 0.559. The van der Waals surface area contributed by atoms with Crippen LogP contribution in [0.15, 0.2) is 46.9 Å². The van der Waals surface area contributed by atoms with Gasteiger partial charge >= 0.3 is 0 Å². The van der Waals surface area contributed by atoms with Crippen molar-refractivity contribution in [3.8, 4) is 11.5 Å². The average molecular weight is 364 g/mol. The largest absolute Gasteiger partial charge is 0.441 e. The van der Waals surface area contributed by atoms with Gasteiger partial charge in [0.1, 0.15) is 17.4 Å². The summed E-state index contributed by atoms with van der Waals surface area (Å²) in [4.78, 5) is 24.5. The van der Waals surface area contributed by atoms with Crippen molar-refractivity contribution >= 4 is 22.6 Å². The van der Waals surface area contributed by atoms with Crippen LogP contribution in [-0.2, 0) is 6.42 Å². The van der Waals surface area contributed by atoms with E-state index in [1.807, 2.05) is 19.1 Å². The van der Waals surface area contributed by atoms with Crippen LogP contribution in [0.2, 0.25) is 0 Å². The first-order valence-corrected chi connectivity index (χ1v) is 8.57. The first-order valence-electron chi connectivity index (χ1n) is 8.57. The first-order chi connectivity index (χ1) is 13.0. The summed E-state index contributed by atoms with van der Waals surface area (Å²) in [5.41, 5.74) is 3.12. The van der Waals surface area contributed by atoms with Gasteiger partial charge in [-0.3, -0.25) is 4.79 Å². The number of aromatic nitrogens is 3. The Bertz CT molecular complexity index is 1130. The van der Waals surface area contributed by atoms with Crippen molar-refractivity contribution in [3.63, 3.8) is 0 Å². The Morgan fingerprint density at radius 2 is 1.96 bits per heavy atom. The van der Waals surface area contributed by atoms with Gasteiger partial charge in [-0.25, -0.2) is 14.4 Å². The Balaban J connectivity index is 1.58. The average Bonchev–Trinajstić information content (AvgIpc) is 3.25. The predicted octanol–water partition coefficient (Wildman–Crippen LogP) is 4.48. The van der Waals surface area contributed by atoms with Gasteiger partial charge in [-0.2, -0.15) is 0 Å². The minimum absolute atomic E-state index is 0.188. The molecule has 0 saturated heterocycles. The summed E-state index contributed by atoms with van der Waals surface area (Å²) in [5, 5.41) is 2.82. The van der Waals surface area contributed by atoms with Gasteiger partial charge in [0.2, 0.25) is 5.89 Å². The number of anilines is 1. The van der Waals surface area contributed by atoms with E-state index < -0.39 is 0 Å². The van der Waals surface area contributed by atoms with Crippen LogP contribution in [0.3, 0.4) is 0 Å². The number of amides is 1. The highest BCUT2D eigenvalue weighted by atomic mass is 19.1. The molecule has 0 bridgehead atoms. The highest BCUT2D eigenvalue weighted by Gasteiger charge is 2.18. The number of fused-ring (bicyclic) bond motifs is 1. The number of aromatic amines is 1. The number of rotatable bonds is 4. The van der Waals surface area contributed by atoms with Crippen molar-refractivity contribution in [1.82, 2.24) is 15.0 Å². The van der Waals surface area contributed by atoms with E-state index in [-0.39, 0.29) is 23.3 Å². The number of carbonyl (C=O) groups is 1. The zero-order valence-electron chi connectivity index (χ0n) is 14.8. The second kappa shape index (κ2) is 6.68. The van der Waals surface area contributed by atoms with Crippen molar-refractivity contribution in [2.45, 2.75) is 20.3 Å². The van der Waals surface area contributed by atoms with Crippen LogP contribution in [0.25, 0.3) is 22.5 Å². The van der Waals surface area contributed by atoms with Gasteiger partial charge in [-0.1, -0.05) is 6.92 Å². The molecular formula is C20H17FN4O2. The summed E-state index contributed by atoms with van der Waals surface area (Å²) in [7, 11) is 0. The molecule has 0 fully saturated rings. The molecule has 2 aromatic heterocycles. The number of halogens is 1. The van der Waals surface area contributed by atoms with Crippen LogP contribution in [-0.4, -0.2) is 20.9 Å². The molecule has 7 heteroatoms. The van der Waals surface area contributed by atoms with E-state index >= 15 is 0 Å². The molecule has 2 N–H and O–H groups in total. The molecule has 0 unspecified atom stereocenters. The van der Waals surface area contributed by atoms with Crippen molar-refractivity contribution in [1.29, 1.82) is 0 Å². The lowest BCUT2D eigenvalue weighted by Crippen LogP contribution is -2.13. The SMILES string of the molecule is CCc1nc2ccc(NC(=O)c3nc(-c4ccc(F)cc4)oc3C)cc2[nH]1. The maximum absolute atomic E-state index is 13.1. The molecule has 0 aliphatic heterocycles. The number of hydrogen-bond acceptors (Lipinski definition) is 4. The molecule has 0 radical (unpaired) electrons. The van der Waals surface area contributed by atoms with Crippen LogP contribution in [0, 0.1) is 12.7 Å². The Hall–Kier alpha value is -3.48.